The monoisotopic (exact) mass is 264 g/mol. The number of ether oxygens (including phenoxy) is 1. The molecular weight excluding hydrogens is 244 g/mol. The number of rotatable bonds is 4. The molecule has 0 bridgehead atoms. The number of benzene rings is 1. The topological polar surface area (TPSA) is 84.6 Å². The van der Waals surface area contributed by atoms with Crippen molar-refractivity contribution in [2.75, 3.05) is 19.8 Å². The molecule has 1 aromatic carbocycles. The average molecular weight is 264 g/mol. The second kappa shape index (κ2) is 6.14. The molecule has 0 saturated carbocycles. The summed E-state index contributed by atoms with van der Waals surface area (Å²) in [5, 5.41) is 13.0. The van der Waals surface area contributed by atoms with E-state index in [9.17, 15) is 9.90 Å². The second-order valence-corrected chi connectivity index (χ2v) is 4.92. The van der Waals surface area contributed by atoms with Gasteiger partial charge in [-0.25, -0.2) is 0 Å². The van der Waals surface area contributed by atoms with Crippen molar-refractivity contribution in [3.63, 3.8) is 0 Å². The van der Waals surface area contributed by atoms with Gasteiger partial charge in [0.2, 0.25) is 0 Å². The minimum atomic E-state index is -0.842. The summed E-state index contributed by atoms with van der Waals surface area (Å²) in [6.45, 7) is 1.80. The van der Waals surface area contributed by atoms with Crippen LogP contribution in [0.1, 0.15) is 28.8 Å². The summed E-state index contributed by atoms with van der Waals surface area (Å²) in [6.07, 6.45) is 1.11. The van der Waals surface area contributed by atoms with E-state index in [2.05, 4.69) is 5.32 Å². The third-order valence-corrected chi connectivity index (χ3v) is 3.45. The summed E-state index contributed by atoms with van der Waals surface area (Å²) < 4.78 is 5.20. The normalized spacial score (nSPS) is 18.0. The highest BCUT2D eigenvalue weighted by atomic mass is 16.5. The van der Waals surface area contributed by atoms with Crippen molar-refractivity contribution in [3.05, 3.63) is 35.4 Å². The number of carbonyl (C=O) groups is 1. The average Bonchev–Trinajstić information content (AvgIpc) is 2.46. The van der Waals surface area contributed by atoms with E-state index in [1.165, 1.54) is 0 Å². The van der Waals surface area contributed by atoms with Crippen LogP contribution in [0.15, 0.2) is 24.3 Å². The van der Waals surface area contributed by atoms with Gasteiger partial charge in [0.1, 0.15) is 0 Å². The third kappa shape index (κ3) is 3.76. The Morgan fingerprint density at radius 3 is 2.53 bits per heavy atom. The van der Waals surface area contributed by atoms with Crippen LogP contribution in [0.2, 0.25) is 0 Å². The molecule has 1 saturated heterocycles. The van der Waals surface area contributed by atoms with Gasteiger partial charge in [0, 0.05) is 44.7 Å². The predicted octanol–water partition coefficient (Wildman–Crippen LogP) is 0.417. The van der Waals surface area contributed by atoms with Crippen LogP contribution >= 0.6 is 0 Å². The number of hydrogen-bond donors (Lipinski definition) is 3. The third-order valence-electron chi connectivity index (χ3n) is 3.45. The van der Waals surface area contributed by atoms with Crippen molar-refractivity contribution in [2.24, 2.45) is 5.73 Å². The van der Waals surface area contributed by atoms with E-state index in [1.54, 1.807) is 12.1 Å². The zero-order chi connectivity index (χ0) is 13.7. The first kappa shape index (κ1) is 14.0. The maximum atomic E-state index is 11.9. The van der Waals surface area contributed by atoms with Crippen molar-refractivity contribution in [3.8, 4) is 0 Å². The van der Waals surface area contributed by atoms with E-state index in [0.29, 0.717) is 38.2 Å². The molecule has 4 N–H and O–H groups in total. The van der Waals surface area contributed by atoms with E-state index in [0.717, 1.165) is 5.56 Å². The number of nitrogens with one attached hydrogen (secondary N) is 1. The lowest BCUT2D eigenvalue weighted by molar-refractivity contribution is -0.0605. The molecule has 0 radical (unpaired) electrons. The molecular formula is C14H20N2O3. The lowest BCUT2D eigenvalue weighted by atomic mass is 9.94. The SMILES string of the molecule is NCc1ccc(C(=O)NCC2(O)CCOCC2)cc1. The Kier molecular flexibility index (Phi) is 4.52. The van der Waals surface area contributed by atoms with Gasteiger partial charge in [-0.15, -0.1) is 0 Å². The smallest absolute Gasteiger partial charge is 0.251 e. The summed E-state index contributed by atoms with van der Waals surface area (Å²) in [6, 6.07) is 7.15. The summed E-state index contributed by atoms with van der Waals surface area (Å²) >= 11 is 0. The fourth-order valence-electron chi connectivity index (χ4n) is 2.07. The largest absolute Gasteiger partial charge is 0.388 e. The number of hydrogen-bond acceptors (Lipinski definition) is 4. The molecule has 0 spiro atoms. The van der Waals surface area contributed by atoms with Crippen molar-refractivity contribution >= 4 is 5.91 Å². The zero-order valence-electron chi connectivity index (χ0n) is 10.9. The van der Waals surface area contributed by atoms with Gasteiger partial charge in [-0.3, -0.25) is 4.79 Å². The van der Waals surface area contributed by atoms with Crippen LogP contribution in [-0.4, -0.2) is 36.4 Å². The zero-order valence-corrected chi connectivity index (χ0v) is 10.9. The highest BCUT2D eigenvalue weighted by Gasteiger charge is 2.30. The Morgan fingerprint density at radius 2 is 1.95 bits per heavy atom. The first-order valence-corrected chi connectivity index (χ1v) is 6.50. The highest BCUT2D eigenvalue weighted by molar-refractivity contribution is 5.94. The van der Waals surface area contributed by atoms with Crippen molar-refractivity contribution in [1.82, 2.24) is 5.32 Å². The number of carbonyl (C=O) groups excluding carboxylic acids is 1. The first-order valence-electron chi connectivity index (χ1n) is 6.50. The fourth-order valence-corrected chi connectivity index (χ4v) is 2.07. The van der Waals surface area contributed by atoms with Crippen molar-refractivity contribution in [2.45, 2.75) is 25.0 Å². The molecule has 1 aliphatic heterocycles. The van der Waals surface area contributed by atoms with Gasteiger partial charge in [0.05, 0.1) is 5.60 Å². The fraction of sp³-hybridized carbons (Fsp3) is 0.500. The van der Waals surface area contributed by atoms with Gasteiger partial charge in [-0.1, -0.05) is 12.1 Å². The van der Waals surface area contributed by atoms with E-state index in [1.807, 2.05) is 12.1 Å². The molecule has 0 unspecified atom stereocenters. The van der Waals surface area contributed by atoms with E-state index in [4.69, 9.17) is 10.5 Å². The van der Waals surface area contributed by atoms with Gasteiger partial charge >= 0.3 is 0 Å². The molecule has 1 amide bonds. The van der Waals surface area contributed by atoms with Crippen LogP contribution < -0.4 is 11.1 Å². The molecule has 1 aliphatic rings. The summed E-state index contributed by atoms with van der Waals surface area (Å²) in [5.74, 6) is -0.177. The molecule has 5 nitrogen and oxygen atoms in total. The second-order valence-electron chi connectivity index (χ2n) is 4.92. The molecule has 0 atom stereocenters. The molecule has 1 aromatic rings. The quantitative estimate of drug-likeness (QED) is 0.735. The molecule has 1 heterocycles. The van der Waals surface area contributed by atoms with Gasteiger partial charge in [0.15, 0.2) is 0 Å². The van der Waals surface area contributed by atoms with Crippen LogP contribution in [0.4, 0.5) is 0 Å². The van der Waals surface area contributed by atoms with E-state index >= 15 is 0 Å². The maximum absolute atomic E-state index is 11.9. The van der Waals surface area contributed by atoms with Crippen LogP contribution in [0.25, 0.3) is 0 Å². The summed E-state index contributed by atoms with van der Waals surface area (Å²) in [7, 11) is 0. The van der Waals surface area contributed by atoms with Gasteiger partial charge in [-0.2, -0.15) is 0 Å². The Hall–Kier alpha value is -1.43. The summed E-state index contributed by atoms with van der Waals surface area (Å²) in [4.78, 5) is 11.9. The molecule has 0 aromatic heterocycles. The minimum absolute atomic E-state index is 0.177. The van der Waals surface area contributed by atoms with Crippen LogP contribution in [0, 0.1) is 0 Å². The molecule has 1 fully saturated rings. The molecule has 5 heteroatoms. The van der Waals surface area contributed by atoms with Crippen molar-refractivity contribution in [1.29, 1.82) is 0 Å². The number of nitrogens with two attached hydrogens (primary N) is 1. The van der Waals surface area contributed by atoms with Crippen molar-refractivity contribution < 1.29 is 14.6 Å². The molecule has 104 valence electrons. The lowest BCUT2D eigenvalue weighted by Crippen LogP contribution is -2.46. The number of amides is 1. The van der Waals surface area contributed by atoms with E-state index < -0.39 is 5.60 Å². The molecule has 2 rings (SSSR count). The van der Waals surface area contributed by atoms with Crippen LogP contribution in [0.5, 0.6) is 0 Å². The Bertz CT molecular complexity index is 425. The maximum Gasteiger partial charge on any atom is 0.251 e. The molecule has 0 aliphatic carbocycles. The lowest BCUT2D eigenvalue weighted by Gasteiger charge is -2.32. The Morgan fingerprint density at radius 1 is 1.32 bits per heavy atom. The van der Waals surface area contributed by atoms with Gasteiger partial charge < -0.3 is 20.9 Å². The van der Waals surface area contributed by atoms with Crippen LogP contribution in [0.3, 0.4) is 0 Å². The highest BCUT2D eigenvalue weighted by Crippen LogP contribution is 2.19. The predicted molar refractivity (Wildman–Crippen MR) is 71.7 cm³/mol. The first-order chi connectivity index (χ1) is 9.13. The number of aliphatic hydroxyl groups is 1. The van der Waals surface area contributed by atoms with Gasteiger partial charge in [-0.05, 0) is 17.7 Å². The van der Waals surface area contributed by atoms with Gasteiger partial charge in [0.25, 0.3) is 5.91 Å². The standard InChI is InChI=1S/C14H20N2O3/c15-9-11-1-3-12(4-2-11)13(17)16-10-14(18)5-7-19-8-6-14/h1-4,18H,5-10,15H2,(H,16,17). The van der Waals surface area contributed by atoms with E-state index in [-0.39, 0.29) is 12.5 Å². The summed E-state index contributed by atoms with van der Waals surface area (Å²) in [5.41, 5.74) is 6.22. The molecule has 19 heavy (non-hydrogen) atoms. The van der Waals surface area contributed by atoms with Crippen LogP contribution in [-0.2, 0) is 11.3 Å². The minimum Gasteiger partial charge on any atom is -0.388 e. The Labute approximate surface area is 112 Å². The Balaban J connectivity index is 1.89.